The molecule has 0 fully saturated rings. The van der Waals surface area contributed by atoms with Gasteiger partial charge in [0, 0.05) is 16.5 Å². The molecule has 5 heteroatoms. The van der Waals surface area contributed by atoms with E-state index in [1.807, 2.05) is 30.3 Å². The molecule has 0 saturated carbocycles. The molecule has 0 amide bonds. The van der Waals surface area contributed by atoms with Crippen molar-refractivity contribution in [3.63, 3.8) is 0 Å². The van der Waals surface area contributed by atoms with Crippen LogP contribution in [0, 0.1) is 0 Å². The average molecular weight is 545 g/mol. The van der Waals surface area contributed by atoms with Gasteiger partial charge in [0.05, 0.1) is 0 Å². The van der Waals surface area contributed by atoms with Crippen molar-refractivity contribution in [2.24, 2.45) is 0 Å². The predicted octanol–water partition coefficient (Wildman–Crippen LogP) is 10.1. The first-order valence-electron chi connectivity index (χ1n) is 13.8. The third kappa shape index (κ3) is 14.8. The van der Waals surface area contributed by atoms with Crippen LogP contribution in [0.25, 0.3) is 0 Å². The number of rotatable bonds is 20. The number of hydrogen-bond donors (Lipinski definition) is 0. The predicted molar refractivity (Wildman–Crippen MR) is 147 cm³/mol. The summed E-state index contributed by atoms with van der Waals surface area (Å²) >= 11 is 0. The molecule has 2 aromatic rings. The molecular formula is C30H47NiO3P. The number of aryl methyl sites for hydroxylation is 2. The number of benzene rings is 2. The topological polar surface area (TPSA) is 35.5 Å². The monoisotopic (exact) mass is 544 g/mol. The Morgan fingerprint density at radius 2 is 1.11 bits per heavy atom. The Morgan fingerprint density at radius 3 is 1.71 bits per heavy atom. The summed E-state index contributed by atoms with van der Waals surface area (Å²) in [6.07, 6.45) is 20.2. The Balaban J connectivity index is 0.00000612. The molecule has 0 aliphatic rings. The van der Waals surface area contributed by atoms with Crippen molar-refractivity contribution in [3.8, 4) is 11.5 Å². The molecule has 0 aliphatic heterocycles. The molecule has 0 aliphatic carbocycles. The molecule has 0 N–H and O–H groups in total. The maximum absolute atomic E-state index is 12.6. The van der Waals surface area contributed by atoms with Crippen molar-refractivity contribution < 1.29 is 30.1 Å². The van der Waals surface area contributed by atoms with Gasteiger partial charge in [-0.3, -0.25) is 0 Å². The van der Waals surface area contributed by atoms with Crippen LogP contribution in [0.4, 0.5) is 0 Å². The zero-order valence-corrected chi connectivity index (χ0v) is 24.0. The van der Waals surface area contributed by atoms with Crippen molar-refractivity contribution in [3.05, 3.63) is 59.7 Å². The first-order chi connectivity index (χ1) is 16.7. The van der Waals surface area contributed by atoms with Gasteiger partial charge in [0.2, 0.25) is 0 Å². The van der Waals surface area contributed by atoms with Gasteiger partial charge in [0.25, 0.3) is 0 Å². The third-order valence-corrected chi connectivity index (χ3v) is 7.20. The fourth-order valence-corrected chi connectivity index (χ4v) is 5.05. The molecular weight excluding hydrogens is 498 g/mol. The van der Waals surface area contributed by atoms with Gasteiger partial charge in [0.15, 0.2) is 0 Å². The minimum Gasteiger partial charge on any atom is -0.418 e. The first kappa shape index (κ1) is 31.8. The third-order valence-electron chi connectivity index (χ3n) is 6.41. The van der Waals surface area contributed by atoms with E-state index >= 15 is 0 Å². The molecule has 0 saturated heterocycles. The van der Waals surface area contributed by atoms with E-state index in [0.29, 0.717) is 11.5 Å². The molecule has 0 heterocycles. The van der Waals surface area contributed by atoms with Crippen LogP contribution in [0.3, 0.4) is 0 Å². The van der Waals surface area contributed by atoms with E-state index in [2.05, 4.69) is 32.0 Å². The molecule has 200 valence electrons. The van der Waals surface area contributed by atoms with E-state index in [0.717, 1.165) is 24.8 Å². The Bertz CT molecular complexity index is 794. The van der Waals surface area contributed by atoms with Crippen LogP contribution in [0.5, 0.6) is 11.5 Å². The van der Waals surface area contributed by atoms with Gasteiger partial charge >= 0.3 is 8.25 Å². The molecule has 0 aromatic heterocycles. The van der Waals surface area contributed by atoms with Crippen LogP contribution in [0.15, 0.2) is 48.5 Å². The van der Waals surface area contributed by atoms with Gasteiger partial charge in [-0.2, -0.15) is 0 Å². The molecule has 1 unspecified atom stereocenters. The Kier molecular flexibility index (Phi) is 19.0. The summed E-state index contributed by atoms with van der Waals surface area (Å²) in [5, 5.41) is 0. The normalized spacial score (nSPS) is 11.6. The summed E-state index contributed by atoms with van der Waals surface area (Å²) in [7, 11) is -2.66. The molecule has 0 bridgehead atoms. The number of unbranched alkanes of at least 4 members (excludes halogenated alkanes) is 12. The fourth-order valence-electron chi connectivity index (χ4n) is 4.30. The standard InChI is InChI=1S/C30H47O3P.Ni/c1-3-5-7-9-11-13-15-19-27-23-25-29(26-24-27)32-34(31)33-30-22-18-17-21-28(30)20-16-14-12-10-8-6-4-2;/h17-18,21-26,34H,3-16,19-20H2,1-2H3;. The average Bonchev–Trinajstić information content (AvgIpc) is 2.85. The van der Waals surface area contributed by atoms with E-state index in [1.54, 1.807) is 0 Å². The minimum absolute atomic E-state index is 0. The van der Waals surface area contributed by atoms with E-state index in [1.165, 1.54) is 89.0 Å². The minimum atomic E-state index is -2.66. The second kappa shape index (κ2) is 20.9. The molecule has 0 radical (unpaired) electrons. The van der Waals surface area contributed by atoms with E-state index in [4.69, 9.17) is 9.05 Å². The van der Waals surface area contributed by atoms with Crippen LogP contribution < -0.4 is 9.05 Å². The zero-order valence-electron chi connectivity index (χ0n) is 22.0. The number of hydrogen-bond acceptors (Lipinski definition) is 3. The van der Waals surface area contributed by atoms with Gasteiger partial charge in [0.1, 0.15) is 11.5 Å². The molecule has 2 rings (SSSR count). The van der Waals surface area contributed by atoms with Crippen LogP contribution >= 0.6 is 8.25 Å². The van der Waals surface area contributed by atoms with E-state index in [9.17, 15) is 4.57 Å². The van der Waals surface area contributed by atoms with Crippen molar-refractivity contribution in [2.75, 3.05) is 0 Å². The van der Waals surface area contributed by atoms with Crippen LogP contribution in [0.2, 0.25) is 0 Å². The summed E-state index contributed by atoms with van der Waals surface area (Å²) in [4.78, 5) is 0. The molecule has 2 aromatic carbocycles. The van der Waals surface area contributed by atoms with Crippen LogP contribution in [-0.2, 0) is 33.9 Å². The second-order valence-electron chi connectivity index (χ2n) is 9.45. The molecule has 3 nitrogen and oxygen atoms in total. The Labute approximate surface area is 225 Å². The van der Waals surface area contributed by atoms with Crippen LogP contribution in [0.1, 0.15) is 115 Å². The molecule has 35 heavy (non-hydrogen) atoms. The van der Waals surface area contributed by atoms with Crippen molar-refractivity contribution in [1.29, 1.82) is 0 Å². The molecule has 0 spiro atoms. The summed E-state index contributed by atoms with van der Waals surface area (Å²) in [6.45, 7) is 4.51. The van der Waals surface area contributed by atoms with Gasteiger partial charge in [-0.15, -0.1) is 0 Å². The van der Waals surface area contributed by atoms with Gasteiger partial charge < -0.3 is 9.05 Å². The number of para-hydroxylation sites is 1. The smallest absolute Gasteiger partial charge is 0.418 e. The molecule has 1 atom stereocenters. The van der Waals surface area contributed by atoms with E-state index in [-0.39, 0.29) is 16.5 Å². The van der Waals surface area contributed by atoms with Gasteiger partial charge in [-0.25, -0.2) is 4.57 Å². The van der Waals surface area contributed by atoms with Crippen molar-refractivity contribution >= 4 is 8.25 Å². The Morgan fingerprint density at radius 1 is 0.600 bits per heavy atom. The second-order valence-corrected chi connectivity index (χ2v) is 10.4. The first-order valence-corrected chi connectivity index (χ1v) is 15.0. The fraction of sp³-hybridized carbons (Fsp3) is 0.600. The van der Waals surface area contributed by atoms with E-state index < -0.39 is 8.25 Å². The summed E-state index contributed by atoms with van der Waals surface area (Å²) in [5.74, 6) is 1.30. The summed E-state index contributed by atoms with van der Waals surface area (Å²) in [6, 6.07) is 15.9. The Hall–Kier alpha value is -1.24. The van der Waals surface area contributed by atoms with Crippen molar-refractivity contribution in [2.45, 2.75) is 117 Å². The van der Waals surface area contributed by atoms with Gasteiger partial charge in [-0.05, 0) is 55.0 Å². The summed E-state index contributed by atoms with van der Waals surface area (Å²) < 4.78 is 23.9. The summed E-state index contributed by atoms with van der Waals surface area (Å²) in [5.41, 5.74) is 2.42. The van der Waals surface area contributed by atoms with Crippen LogP contribution in [-0.4, -0.2) is 0 Å². The van der Waals surface area contributed by atoms with Crippen molar-refractivity contribution in [1.82, 2.24) is 0 Å². The maximum Gasteiger partial charge on any atom is 0.418 e. The quantitative estimate of drug-likeness (QED) is 0.0944. The SMILES string of the molecule is CCCCCCCCCc1ccc(O[PH](=O)Oc2ccccc2CCCCCCCCC)cc1.[Ni]. The van der Waals surface area contributed by atoms with Gasteiger partial charge in [-0.1, -0.05) is 121 Å². The zero-order chi connectivity index (χ0) is 24.3. The largest absolute Gasteiger partial charge is 0.418 e. The maximum atomic E-state index is 12.6.